The molecule has 0 bridgehead atoms. The molecule has 0 saturated carbocycles. The van der Waals surface area contributed by atoms with Crippen LogP contribution in [0.25, 0.3) is 6.08 Å². The molecular weight excluding hydrogens is 232 g/mol. The highest BCUT2D eigenvalue weighted by atomic mass is 16.3. The number of rotatable bonds is 1. The fraction of sp³-hybridized carbons (Fsp3) is 0.222. The Morgan fingerprint density at radius 2 is 1.63 bits per heavy atom. The molecule has 0 saturated heterocycles. The van der Waals surface area contributed by atoms with Gasteiger partial charge in [0.15, 0.2) is 0 Å². The first-order valence-corrected chi connectivity index (χ1v) is 6.69. The predicted octanol–water partition coefficient (Wildman–Crippen LogP) is 4.15. The fourth-order valence-corrected chi connectivity index (χ4v) is 2.74. The predicted molar refractivity (Wildman–Crippen MR) is 79.1 cm³/mol. The maximum atomic E-state index is 10.6. The van der Waals surface area contributed by atoms with Gasteiger partial charge in [0.2, 0.25) is 0 Å². The van der Waals surface area contributed by atoms with Crippen LogP contribution < -0.4 is 0 Å². The van der Waals surface area contributed by atoms with Gasteiger partial charge in [0.1, 0.15) is 0 Å². The van der Waals surface area contributed by atoms with Crippen molar-refractivity contribution in [1.29, 1.82) is 0 Å². The van der Waals surface area contributed by atoms with Crippen LogP contribution in [0.4, 0.5) is 0 Å². The normalized spacial score (nSPS) is 21.2. The summed E-state index contributed by atoms with van der Waals surface area (Å²) in [4.78, 5) is 0. The van der Waals surface area contributed by atoms with Crippen molar-refractivity contribution in [2.75, 3.05) is 0 Å². The lowest BCUT2D eigenvalue weighted by molar-refractivity contribution is 0.160. The number of aryl methyl sites for hydroxylation is 2. The first-order chi connectivity index (χ1) is 9.16. The van der Waals surface area contributed by atoms with Crippen LogP contribution in [0.2, 0.25) is 0 Å². The molecule has 96 valence electrons. The number of benzene rings is 2. The molecule has 0 spiro atoms. The Morgan fingerprint density at radius 1 is 0.947 bits per heavy atom. The molecule has 0 radical (unpaired) electrons. The monoisotopic (exact) mass is 250 g/mol. The highest BCUT2D eigenvalue weighted by Crippen LogP contribution is 2.39. The minimum absolute atomic E-state index is 0.0517. The van der Waals surface area contributed by atoms with E-state index in [0.29, 0.717) is 0 Å². The van der Waals surface area contributed by atoms with Crippen molar-refractivity contribution in [2.45, 2.75) is 25.9 Å². The summed E-state index contributed by atoms with van der Waals surface area (Å²) in [5, 5.41) is 10.6. The van der Waals surface area contributed by atoms with E-state index in [0.717, 1.165) is 16.7 Å². The van der Waals surface area contributed by atoms with Gasteiger partial charge in [0.25, 0.3) is 0 Å². The van der Waals surface area contributed by atoms with Crippen LogP contribution in [0.3, 0.4) is 0 Å². The second-order valence-electron chi connectivity index (χ2n) is 5.31. The highest BCUT2D eigenvalue weighted by Gasteiger charge is 2.25. The van der Waals surface area contributed by atoms with Crippen LogP contribution in [0.15, 0.2) is 48.5 Å². The number of aliphatic hydroxyl groups excluding tert-OH is 1. The standard InChI is InChI=1S/C18H18O/c1-12-10-15-8-9-16(14-6-4-3-5-7-14)18(19)17(15)11-13(12)2/h3-11,16,18-19H,1-2H3/t16-,18+/m1/s1. The van der Waals surface area contributed by atoms with Crippen LogP contribution >= 0.6 is 0 Å². The van der Waals surface area contributed by atoms with Gasteiger partial charge in [-0.3, -0.25) is 0 Å². The van der Waals surface area contributed by atoms with Gasteiger partial charge in [-0.1, -0.05) is 54.6 Å². The Kier molecular flexibility index (Phi) is 3.00. The molecule has 2 aromatic rings. The van der Waals surface area contributed by atoms with Gasteiger partial charge in [-0.25, -0.2) is 0 Å². The molecule has 1 aliphatic carbocycles. The Morgan fingerprint density at radius 3 is 2.37 bits per heavy atom. The summed E-state index contributed by atoms with van der Waals surface area (Å²) in [6.07, 6.45) is 3.78. The summed E-state index contributed by atoms with van der Waals surface area (Å²) < 4.78 is 0. The summed E-state index contributed by atoms with van der Waals surface area (Å²) in [5.41, 5.74) is 5.85. The van der Waals surface area contributed by atoms with Crippen molar-refractivity contribution >= 4 is 6.08 Å². The lowest BCUT2D eigenvalue weighted by atomic mass is 9.81. The summed E-state index contributed by atoms with van der Waals surface area (Å²) in [6, 6.07) is 14.5. The molecule has 0 heterocycles. The average molecular weight is 250 g/mol. The summed E-state index contributed by atoms with van der Waals surface area (Å²) in [6.45, 7) is 4.21. The molecule has 1 N–H and O–H groups in total. The van der Waals surface area contributed by atoms with Crippen molar-refractivity contribution in [3.05, 3.63) is 76.4 Å². The van der Waals surface area contributed by atoms with E-state index in [4.69, 9.17) is 0 Å². The van der Waals surface area contributed by atoms with E-state index in [2.05, 4.69) is 50.3 Å². The van der Waals surface area contributed by atoms with E-state index < -0.39 is 6.10 Å². The van der Waals surface area contributed by atoms with Gasteiger partial charge in [-0.2, -0.15) is 0 Å². The van der Waals surface area contributed by atoms with Gasteiger partial charge in [0, 0.05) is 5.92 Å². The molecule has 19 heavy (non-hydrogen) atoms. The van der Waals surface area contributed by atoms with Crippen LogP contribution in [-0.2, 0) is 0 Å². The summed E-state index contributed by atoms with van der Waals surface area (Å²) >= 11 is 0. The van der Waals surface area contributed by atoms with Gasteiger partial charge in [-0.15, -0.1) is 0 Å². The van der Waals surface area contributed by atoms with Crippen LogP contribution in [0, 0.1) is 13.8 Å². The maximum absolute atomic E-state index is 10.6. The average Bonchev–Trinajstić information content (AvgIpc) is 2.42. The lowest BCUT2D eigenvalue weighted by Gasteiger charge is -2.27. The molecule has 0 fully saturated rings. The Hall–Kier alpha value is -1.86. The van der Waals surface area contributed by atoms with E-state index >= 15 is 0 Å². The van der Waals surface area contributed by atoms with E-state index in [1.807, 2.05) is 18.2 Å². The van der Waals surface area contributed by atoms with E-state index in [1.54, 1.807) is 0 Å². The number of hydrogen-bond acceptors (Lipinski definition) is 1. The van der Waals surface area contributed by atoms with Crippen molar-refractivity contribution < 1.29 is 5.11 Å². The molecule has 1 heteroatoms. The molecular formula is C18H18O. The van der Waals surface area contributed by atoms with E-state index in [1.165, 1.54) is 11.1 Å². The van der Waals surface area contributed by atoms with Gasteiger partial charge >= 0.3 is 0 Å². The van der Waals surface area contributed by atoms with Gasteiger partial charge < -0.3 is 5.11 Å². The quantitative estimate of drug-likeness (QED) is 0.806. The Labute approximate surface area is 114 Å². The molecule has 2 atom stereocenters. The smallest absolute Gasteiger partial charge is 0.0899 e. The molecule has 3 rings (SSSR count). The van der Waals surface area contributed by atoms with E-state index in [-0.39, 0.29) is 5.92 Å². The zero-order chi connectivity index (χ0) is 13.4. The van der Waals surface area contributed by atoms with Gasteiger partial charge in [-0.05, 0) is 41.7 Å². The lowest BCUT2D eigenvalue weighted by Crippen LogP contribution is -2.14. The first kappa shape index (κ1) is 12.2. The molecule has 0 unspecified atom stereocenters. The summed E-state index contributed by atoms with van der Waals surface area (Å²) in [5.74, 6) is 0.0517. The Bertz CT molecular complexity index is 626. The zero-order valence-electron chi connectivity index (χ0n) is 11.3. The van der Waals surface area contributed by atoms with Gasteiger partial charge in [0.05, 0.1) is 6.10 Å². The van der Waals surface area contributed by atoms with Crippen molar-refractivity contribution in [3.8, 4) is 0 Å². The Balaban J connectivity index is 2.05. The van der Waals surface area contributed by atoms with Crippen LogP contribution in [0.1, 0.15) is 39.8 Å². The number of fused-ring (bicyclic) bond motifs is 1. The maximum Gasteiger partial charge on any atom is 0.0899 e. The summed E-state index contributed by atoms with van der Waals surface area (Å²) in [7, 11) is 0. The SMILES string of the molecule is Cc1cc2c(cc1C)[C@@H](O)[C@@H](c1ccccc1)C=C2. The van der Waals surface area contributed by atoms with Crippen LogP contribution in [-0.4, -0.2) is 5.11 Å². The fourth-order valence-electron chi connectivity index (χ4n) is 2.74. The molecule has 0 aliphatic heterocycles. The molecule has 0 amide bonds. The first-order valence-electron chi connectivity index (χ1n) is 6.69. The highest BCUT2D eigenvalue weighted by molar-refractivity contribution is 5.62. The van der Waals surface area contributed by atoms with Crippen molar-refractivity contribution in [3.63, 3.8) is 0 Å². The third-order valence-electron chi connectivity index (χ3n) is 4.03. The van der Waals surface area contributed by atoms with Crippen LogP contribution in [0.5, 0.6) is 0 Å². The number of aliphatic hydroxyl groups is 1. The number of hydrogen-bond donors (Lipinski definition) is 1. The topological polar surface area (TPSA) is 20.2 Å². The largest absolute Gasteiger partial charge is 0.387 e. The van der Waals surface area contributed by atoms with Crippen molar-refractivity contribution in [1.82, 2.24) is 0 Å². The second kappa shape index (κ2) is 4.67. The molecule has 0 aromatic heterocycles. The van der Waals surface area contributed by atoms with Crippen molar-refractivity contribution in [2.24, 2.45) is 0 Å². The molecule has 1 nitrogen and oxygen atoms in total. The minimum Gasteiger partial charge on any atom is -0.387 e. The molecule has 1 aliphatic rings. The molecule has 2 aromatic carbocycles. The third kappa shape index (κ3) is 2.11. The zero-order valence-corrected chi connectivity index (χ0v) is 11.3. The second-order valence-corrected chi connectivity index (χ2v) is 5.31. The minimum atomic E-state index is -0.457. The van der Waals surface area contributed by atoms with E-state index in [9.17, 15) is 5.11 Å². The third-order valence-corrected chi connectivity index (χ3v) is 4.03.